The maximum atomic E-state index is 13.7. The summed E-state index contributed by atoms with van der Waals surface area (Å²) < 4.78 is 46.9. The lowest BCUT2D eigenvalue weighted by atomic mass is 10.1. The quantitative estimate of drug-likeness (QED) is 0.478. The summed E-state index contributed by atoms with van der Waals surface area (Å²) in [6.45, 7) is 1.15. The average molecular weight is 535 g/mol. The van der Waals surface area contributed by atoms with Crippen molar-refractivity contribution >= 4 is 27.7 Å². The van der Waals surface area contributed by atoms with Gasteiger partial charge in [-0.15, -0.1) is 0 Å². The van der Waals surface area contributed by atoms with Crippen LogP contribution in [0, 0.1) is 5.82 Å². The number of hydrogen-bond donors (Lipinski definition) is 1. The van der Waals surface area contributed by atoms with Crippen LogP contribution in [0.5, 0.6) is 5.75 Å². The van der Waals surface area contributed by atoms with Crippen molar-refractivity contribution < 1.29 is 27.1 Å². The summed E-state index contributed by atoms with van der Waals surface area (Å²) in [6.07, 6.45) is 3.88. The van der Waals surface area contributed by atoms with E-state index in [4.69, 9.17) is 4.74 Å². The molecule has 2 amide bonds. The summed E-state index contributed by atoms with van der Waals surface area (Å²) in [7, 11) is 0.151. The predicted molar refractivity (Wildman–Crippen MR) is 140 cm³/mol. The molecule has 1 atom stereocenters. The number of halogens is 1. The molecule has 0 saturated heterocycles. The lowest BCUT2D eigenvalue weighted by Gasteiger charge is -2.33. The smallest absolute Gasteiger partial charge is 0.304 e. The number of amides is 2. The van der Waals surface area contributed by atoms with Gasteiger partial charge in [0.15, 0.2) is 0 Å². The van der Waals surface area contributed by atoms with Gasteiger partial charge in [-0.2, -0.15) is 12.7 Å². The molecule has 0 aliphatic heterocycles. The summed E-state index contributed by atoms with van der Waals surface area (Å²) >= 11 is 0. The summed E-state index contributed by atoms with van der Waals surface area (Å²) in [5, 5.41) is 3.02. The Morgan fingerprint density at radius 1 is 1.05 bits per heavy atom. The molecule has 11 heteroatoms. The fraction of sp³-hybridized carbons (Fsp3) is 0.462. The summed E-state index contributed by atoms with van der Waals surface area (Å²) in [6, 6.07) is 11.1. The van der Waals surface area contributed by atoms with Crippen molar-refractivity contribution in [2.45, 2.75) is 51.2 Å². The minimum absolute atomic E-state index is 0.0673. The molecule has 0 heterocycles. The molecule has 1 aliphatic rings. The summed E-state index contributed by atoms with van der Waals surface area (Å²) in [4.78, 5) is 28.2. The first kappa shape index (κ1) is 28.4. The molecule has 1 N–H and O–H groups in total. The van der Waals surface area contributed by atoms with Gasteiger partial charge in [0, 0.05) is 26.7 Å². The molecule has 0 radical (unpaired) electrons. The van der Waals surface area contributed by atoms with Crippen LogP contribution in [0.1, 0.15) is 38.2 Å². The second-order valence-electron chi connectivity index (χ2n) is 9.31. The standard InChI is InChI=1S/C26H35FN4O5S/c1-19(26(33)28-22-7-5-6-8-22)30(17-20-9-15-24(36-4)16-10-20)25(32)18-31(37(34,35)29(2)3)23-13-11-21(27)12-14-23/h9-16,19,22H,5-8,17-18H2,1-4H3,(H,28,33)/t19-/m0/s1. The third kappa shape index (κ3) is 7.20. The van der Waals surface area contributed by atoms with E-state index in [0.717, 1.165) is 52.0 Å². The molecule has 1 aliphatic carbocycles. The van der Waals surface area contributed by atoms with Gasteiger partial charge in [-0.3, -0.25) is 9.59 Å². The van der Waals surface area contributed by atoms with Crippen molar-refractivity contribution in [3.63, 3.8) is 0 Å². The average Bonchev–Trinajstić information content (AvgIpc) is 3.39. The second-order valence-corrected chi connectivity index (χ2v) is 11.4. The number of benzene rings is 2. The first-order chi connectivity index (χ1) is 17.5. The highest BCUT2D eigenvalue weighted by atomic mass is 32.2. The van der Waals surface area contributed by atoms with Crippen LogP contribution in [0.25, 0.3) is 0 Å². The van der Waals surface area contributed by atoms with Crippen LogP contribution < -0.4 is 14.4 Å². The number of anilines is 1. The Morgan fingerprint density at radius 2 is 1.65 bits per heavy atom. The molecule has 0 unspecified atom stereocenters. The predicted octanol–water partition coefficient (Wildman–Crippen LogP) is 2.92. The number of ether oxygens (including phenoxy) is 1. The van der Waals surface area contributed by atoms with Crippen molar-refractivity contribution in [2.24, 2.45) is 0 Å². The number of rotatable bonds is 11. The zero-order chi connectivity index (χ0) is 27.2. The van der Waals surface area contributed by atoms with Crippen molar-refractivity contribution in [3.8, 4) is 5.75 Å². The van der Waals surface area contributed by atoms with Gasteiger partial charge in [0.2, 0.25) is 11.8 Å². The van der Waals surface area contributed by atoms with Gasteiger partial charge in [0.1, 0.15) is 24.2 Å². The Hall–Kier alpha value is -3.18. The number of hydrogen-bond acceptors (Lipinski definition) is 5. The maximum Gasteiger partial charge on any atom is 0.304 e. The molecule has 2 aromatic rings. The SMILES string of the molecule is COc1ccc(CN(C(=O)CN(c2ccc(F)cc2)S(=O)(=O)N(C)C)[C@@H](C)C(=O)NC2CCCC2)cc1. The van der Waals surface area contributed by atoms with E-state index in [1.54, 1.807) is 38.3 Å². The van der Waals surface area contributed by atoms with Crippen LogP contribution in [-0.4, -0.2) is 69.3 Å². The van der Waals surface area contributed by atoms with Crippen LogP contribution >= 0.6 is 0 Å². The van der Waals surface area contributed by atoms with Gasteiger partial charge in [-0.1, -0.05) is 25.0 Å². The Balaban J connectivity index is 1.91. The fourth-order valence-corrected chi connectivity index (χ4v) is 5.28. The van der Waals surface area contributed by atoms with Gasteiger partial charge in [-0.05, 0) is 61.7 Å². The number of carbonyl (C=O) groups is 2. The van der Waals surface area contributed by atoms with E-state index in [9.17, 15) is 22.4 Å². The first-order valence-electron chi connectivity index (χ1n) is 12.2. The second kappa shape index (κ2) is 12.4. The van der Waals surface area contributed by atoms with E-state index in [2.05, 4.69) is 5.32 Å². The molecule has 2 aromatic carbocycles. The molecule has 0 aromatic heterocycles. The van der Waals surface area contributed by atoms with Gasteiger partial charge in [-0.25, -0.2) is 8.70 Å². The molecule has 3 rings (SSSR count). The molecule has 9 nitrogen and oxygen atoms in total. The molecule has 0 bridgehead atoms. The van der Waals surface area contributed by atoms with E-state index in [0.29, 0.717) is 5.75 Å². The highest BCUT2D eigenvalue weighted by molar-refractivity contribution is 7.90. The van der Waals surface area contributed by atoms with Crippen molar-refractivity contribution in [3.05, 3.63) is 59.9 Å². The van der Waals surface area contributed by atoms with E-state index in [1.165, 1.54) is 31.1 Å². The van der Waals surface area contributed by atoms with Gasteiger partial charge in [0.05, 0.1) is 12.8 Å². The van der Waals surface area contributed by atoms with Crippen LogP contribution in [0.3, 0.4) is 0 Å². The zero-order valence-electron chi connectivity index (χ0n) is 21.7. The number of nitrogens with one attached hydrogen (secondary N) is 1. The van der Waals surface area contributed by atoms with Gasteiger partial charge >= 0.3 is 10.2 Å². The molecule has 1 fully saturated rings. The van der Waals surface area contributed by atoms with Gasteiger partial charge in [0.25, 0.3) is 0 Å². The van der Waals surface area contributed by atoms with E-state index >= 15 is 0 Å². The molecule has 0 spiro atoms. The summed E-state index contributed by atoms with van der Waals surface area (Å²) in [5.74, 6) is -0.749. The highest BCUT2D eigenvalue weighted by Gasteiger charge is 2.33. The zero-order valence-corrected chi connectivity index (χ0v) is 22.5. The Morgan fingerprint density at radius 3 is 2.19 bits per heavy atom. The van der Waals surface area contributed by atoms with Crippen molar-refractivity contribution in [1.29, 1.82) is 0 Å². The van der Waals surface area contributed by atoms with E-state index < -0.39 is 34.5 Å². The molecular weight excluding hydrogens is 499 g/mol. The summed E-state index contributed by atoms with van der Waals surface area (Å²) in [5.41, 5.74) is 0.884. The third-order valence-electron chi connectivity index (χ3n) is 6.51. The Kier molecular flexibility index (Phi) is 9.50. The van der Waals surface area contributed by atoms with Crippen LogP contribution in [0.15, 0.2) is 48.5 Å². The number of carbonyl (C=O) groups excluding carboxylic acids is 2. The van der Waals surface area contributed by atoms with Crippen LogP contribution in [0.2, 0.25) is 0 Å². The topological polar surface area (TPSA) is 99.3 Å². The third-order valence-corrected chi connectivity index (χ3v) is 8.33. The van der Waals surface area contributed by atoms with Gasteiger partial charge < -0.3 is 15.0 Å². The monoisotopic (exact) mass is 534 g/mol. The number of methoxy groups -OCH3 is 1. The maximum absolute atomic E-state index is 13.7. The molecule has 202 valence electrons. The van der Waals surface area contributed by atoms with Crippen molar-refractivity contribution in [2.75, 3.05) is 32.1 Å². The number of nitrogens with zero attached hydrogens (tertiary/aromatic N) is 3. The lowest BCUT2D eigenvalue weighted by molar-refractivity contribution is -0.139. The highest BCUT2D eigenvalue weighted by Crippen LogP contribution is 2.22. The Labute approximate surface area is 218 Å². The largest absolute Gasteiger partial charge is 0.497 e. The van der Waals surface area contributed by atoms with Crippen LogP contribution in [-0.2, 0) is 26.3 Å². The van der Waals surface area contributed by atoms with Crippen LogP contribution in [0.4, 0.5) is 10.1 Å². The molecule has 37 heavy (non-hydrogen) atoms. The molecular formula is C26H35FN4O5S. The fourth-order valence-electron chi connectivity index (χ4n) is 4.23. The van der Waals surface area contributed by atoms with E-state index in [-0.39, 0.29) is 24.2 Å². The minimum Gasteiger partial charge on any atom is -0.497 e. The lowest BCUT2D eigenvalue weighted by Crippen LogP contribution is -2.53. The minimum atomic E-state index is -4.10. The van der Waals surface area contributed by atoms with E-state index in [1.807, 2.05) is 0 Å². The van der Waals surface area contributed by atoms with Crippen molar-refractivity contribution in [1.82, 2.24) is 14.5 Å². The molecule has 1 saturated carbocycles. The normalized spacial score (nSPS) is 14.9. The Bertz CT molecular complexity index is 1170. The first-order valence-corrected chi connectivity index (χ1v) is 13.6.